The summed E-state index contributed by atoms with van der Waals surface area (Å²) in [5.74, 6) is 0. The normalized spacial score (nSPS) is 10.8. The standard InChI is InChI=1S/C13H20OP.C5H5.CH4O.Fe/c1-12(2,3)9-7-8-10(11(9)15-14)13(4,5)6;1-2-4-5-3-1;1-2;/h7-8H,1-6H3;1-5H;2H,1H3;/q-1;-5;;. The molecule has 2 aromatic carbocycles. The van der Waals surface area contributed by atoms with Crippen molar-refractivity contribution in [3.63, 3.8) is 0 Å². The third kappa shape index (κ3) is 8.08. The van der Waals surface area contributed by atoms with Crippen molar-refractivity contribution in [3.05, 3.63) is 53.6 Å². The van der Waals surface area contributed by atoms with E-state index in [2.05, 4.69) is 53.7 Å². The minimum absolute atomic E-state index is 0. The molecule has 0 amide bonds. The summed E-state index contributed by atoms with van der Waals surface area (Å²) in [7, 11) is 1.14. The van der Waals surface area contributed by atoms with E-state index in [0.29, 0.717) is 0 Å². The molecule has 0 fully saturated rings. The average molecular weight is 376 g/mol. The quantitative estimate of drug-likeness (QED) is 0.435. The van der Waals surface area contributed by atoms with Gasteiger partial charge in [-0.2, -0.15) is 11.6 Å². The molecule has 0 atom stereocenters. The van der Waals surface area contributed by atoms with Crippen molar-refractivity contribution in [2.45, 2.75) is 52.4 Å². The molecular formula is C19H29FeO2P-6. The fraction of sp³-hybridized carbons (Fsp3) is 0.474. The van der Waals surface area contributed by atoms with Crippen LogP contribution in [0.5, 0.6) is 0 Å². The van der Waals surface area contributed by atoms with Crippen LogP contribution in [-0.4, -0.2) is 12.2 Å². The molecule has 136 valence electrons. The molecule has 2 aromatic rings. The molecular weight excluding hydrogens is 347 g/mol. The van der Waals surface area contributed by atoms with Gasteiger partial charge in [0.2, 0.25) is 0 Å². The van der Waals surface area contributed by atoms with Crippen molar-refractivity contribution in [2.75, 3.05) is 7.11 Å². The molecule has 0 bridgehead atoms. The number of hydrogen-bond acceptors (Lipinski definition) is 2. The second-order valence-electron chi connectivity index (χ2n) is 7.06. The summed E-state index contributed by atoms with van der Waals surface area (Å²) in [6.45, 7) is 12.9. The first kappa shape index (κ1) is 24.5. The Labute approximate surface area is 153 Å². The molecule has 0 aromatic heterocycles. The van der Waals surface area contributed by atoms with Gasteiger partial charge in [-0.15, -0.1) is 5.56 Å². The first-order chi connectivity index (χ1) is 10.2. The Morgan fingerprint density at radius 3 is 1.61 bits per heavy atom. The minimum atomic E-state index is 0. The maximum atomic E-state index is 11.3. The summed E-state index contributed by atoms with van der Waals surface area (Å²) < 4.78 is 11.3. The van der Waals surface area contributed by atoms with Gasteiger partial charge in [0.25, 0.3) is 0 Å². The molecule has 0 radical (unpaired) electrons. The van der Waals surface area contributed by atoms with Gasteiger partial charge >= 0.3 is 0 Å². The van der Waals surface area contributed by atoms with Gasteiger partial charge in [-0.1, -0.05) is 57.7 Å². The molecule has 0 spiro atoms. The van der Waals surface area contributed by atoms with Crippen molar-refractivity contribution in [3.8, 4) is 0 Å². The van der Waals surface area contributed by atoms with Crippen LogP contribution in [0.15, 0.2) is 42.5 Å². The molecule has 0 aliphatic carbocycles. The van der Waals surface area contributed by atoms with E-state index in [9.17, 15) is 4.57 Å². The van der Waals surface area contributed by atoms with E-state index < -0.39 is 0 Å². The van der Waals surface area contributed by atoms with Crippen LogP contribution in [-0.2, 0) is 32.5 Å². The van der Waals surface area contributed by atoms with Crippen molar-refractivity contribution in [2.24, 2.45) is 0 Å². The van der Waals surface area contributed by atoms with Crippen molar-refractivity contribution < 1.29 is 26.7 Å². The van der Waals surface area contributed by atoms with Gasteiger partial charge in [0, 0.05) is 24.2 Å². The summed E-state index contributed by atoms with van der Waals surface area (Å²) in [6, 6.07) is 14.2. The van der Waals surface area contributed by atoms with Crippen molar-refractivity contribution >= 4 is 13.8 Å². The van der Waals surface area contributed by atoms with Crippen LogP contribution in [0.1, 0.15) is 52.7 Å². The predicted molar refractivity (Wildman–Crippen MR) is 96.9 cm³/mol. The molecule has 4 heteroatoms. The van der Waals surface area contributed by atoms with Gasteiger partial charge in [0.1, 0.15) is 0 Å². The topological polar surface area (TPSA) is 37.3 Å². The maximum absolute atomic E-state index is 11.3. The Hall–Kier alpha value is -0.721. The fourth-order valence-corrected chi connectivity index (χ4v) is 3.12. The number of hydrogen-bond donors (Lipinski definition) is 1. The summed E-state index contributed by atoms with van der Waals surface area (Å²) in [6.07, 6.45) is 0. The molecule has 1 N–H and O–H groups in total. The SMILES string of the molecule is CC(C)(C)c1cc[c-](C(C)(C)C)c1P=O.CO.[Fe].[cH-]1[cH-][cH-][cH-][cH-]1. The second kappa shape index (κ2) is 10.9. The zero-order valence-electron chi connectivity index (χ0n) is 15.2. The van der Waals surface area contributed by atoms with Crippen LogP contribution in [0.4, 0.5) is 0 Å². The Morgan fingerprint density at radius 1 is 0.957 bits per heavy atom. The zero-order valence-corrected chi connectivity index (χ0v) is 17.2. The first-order valence-corrected chi connectivity index (χ1v) is 8.24. The van der Waals surface area contributed by atoms with E-state index in [1.54, 1.807) is 0 Å². The van der Waals surface area contributed by atoms with Gasteiger partial charge in [0.15, 0.2) is 8.46 Å². The molecule has 0 heterocycles. The van der Waals surface area contributed by atoms with Gasteiger partial charge in [-0.25, -0.2) is 6.07 Å². The fourth-order valence-electron chi connectivity index (χ4n) is 2.10. The molecule has 0 unspecified atom stereocenters. The van der Waals surface area contributed by atoms with Crippen LogP contribution in [0.25, 0.3) is 0 Å². The van der Waals surface area contributed by atoms with Crippen LogP contribution in [0.3, 0.4) is 0 Å². The summed E-state index contributed by atoms with van der Waals surface area (Å²) >= 11 is 0. The molecule has 0 saturated heterocycles. The number of aliphatic hydroxyl groups is 1. The molecule has 0 saturated carbocycles. The third-order valence-electron chi connectivity index (χ3n) is 3.19. The maximum Gasteiger partial charge on any atom is 0.165 e. The van der Waals surface area contributed by atoms with E-state index in [4.69, 9.17) is 5.11 Å². The van der Waals surface area contributed by atoms with E-state index in [1.165, 1.54) is 11.1 Å². The minimum Gasteiger partial charge on any atom is -0.748 e. The molecule has 0 aliphatic heterocycles. The van der Waals surface area contributed by atoms with E-state index in [-0.39, 0.29) is 36.4 Å². The average Bonchev–Trinajstić information content (AvgIpc) is 3.11. The second-order valence-corrected chi connectivity index (χ2v) is 7.69. The molecule has 2 nitrogen and oxygen atoms in total. The van der Waals surface area contributed by atoms with Crippen molar-refractivity contribution in [1.82, 2.24) is 0 Å². The summed E-state index contributed by atoms with van der Waals surface area (Å²) in [5.41, 5.74) is 2.53. The summed E-state index contributed by atoms with van der Waals surface area (Å²) in [5, 5.41) is 7.98. The first-order valence-electron chi connectivity index (χ1n) is 7.43. The van der Waals surface area contributed by atoms with Gasteiger partial charge in [-0.3, -0.25) is 4.57 Å². The Balaban J connectivity index is 0. The van der Waals surface area contributed by atoms with E-state index in [0.717, 1.165) is 12.4 Å². The Kier molecular flexibility index (Phi) is 11.7. The monoisotopic (exact) mass is 376 g/mol. The predicted octanol–water partition coefficient (Wildman–Crippen LogP) is 4.93. The van der Waals surface area contributed by atoms with Crippen LogP contribution < -0.4 is 5.30 Å². The Morgan fingerprint density at radius 2 is 1.35 bits per heavy atom. The largest absolute Gasteiger partial charge is 0.748 e. The molecule has 2 rings (SSSR count). The van der Waals surface area contributed by atoms with Crippen LogP contribution in [0.2, 0.25) is 0 Å². The van der Waals surface area contributed by atoms with Gasteiger partial charge < -0.3 is 35.4 Å². The number of aliphatic hydroxyl groups excluding tert-OH is 1. The third-order valence-corrected chi connectivity index (χ3v) is 3.85. The van der Waals surface area contributed by atoms with Gasteiger partial charge in [-0.05, 0) is 0 Å². The van der Waals surface area contributed by atoms with Crippen LogP contribution in [0, 0.1) is 0 Å². The molecule has 0 aliphatic rings. The van der Waals surface area contributed by atoms with E-state index >= 15 is 0 Å². The molecule has 23 heavy (non-hydrogen) atoms. The van der Waals surface area contributed by atoms with E-state index in [1.807, 2.05) is 30.3 Å². The van der Waals surface area contributed by atoms with Crippen LogP contribution >= 0.6 is 8.46 Å². The number of rotatable bonds is 1. The van der Waals surface area contributed by atoms with Crippen molar-refractivity contribution in [1.29, 1.82) is 0 Å². The Bertz CT molecular complexity index is 480. The zero-order chi connectivity index (χ0) is 17.4. The summed E-state index contributed by atoms with van der Waals surface area (Å²) in [4.78, 5) is 0. The smallest absolute Gasteiger partial charge is 0.165 e. The van der Waals surface area contributed by atoms with Gasteiger partial charge in [0.05, 0.1) is 0 Å².